The van der Waals surface area contributed by atoms with Gasteiger partial charge in [-0.2, -0.15) is 15.0 Å². The molecule has 6 nitrogen and oxygen atoms in total. The predicted octanol–water partition coefficient (Wildman–Crippen LogP) is 2.34. The monoisotopic (exact) mass is 272 g/mol. The molecular formula is C14H20N6. The summed E-state index contributed by atoms with van der Waals surface area (Å²) in [6.45, 7) is 8.41. The number of nitrogens with two attached hydrogens (primary N) is 2. The Labute approximate surface area is 118 Å². The van der Waals surface area contributed by atoms with Crippen LogP contribution in [0.5, 0.6) is 0 Å². The fourth-order valence-corrected chi connectivity index (χ4v) is 1.83. The molecule has 20 heavy (non-hydrogen) atoms. The van der Waals surface area contributed by atoms with Crippen LogP contribution in [0.25, 0.3) is 11.4 Å². The van der Waals surface area contributed by atoms with Crippen molar-refractivity contribution >= 4 is 11.9 Å². The minimum absolute atomic E-state index is 0.126. The first-order chi connectivity index (χ1) is 9.36. The summed E-state index contributed by atoms with van der Waals surface area (Å²) in [5.74, 6) is 1.39. The van der Waals surface area contributed by atoms with E-state index in [2.05, 4.69) is 47.6 Å². The van der Waals surface area contributed by atoms with Gasteiger partial charge in [-0.3, -0.25) is 4.98 Å². The van der Waals surface area contributed by atoms with Crippen molar-refractivity contribution in [3.05, 3.63) is 23.5 Å². The van der Waals surface area contributed by atoms with Crippen LogP contribution in [0.15, 0.2) is 12.1 Å². The van der Waals surface area contributed by atoms with Crippen molar-refractivity contribution in [3.63, 3.8) is 0 Å². The first kappa shape index (κ1) is 14.2. The van der Waals surface area contributed by atoms with Gasteiger partial charge in [-0.25, -0.2) is 0 Å². The number of aromatic nitrogens is 4. The molecule has 0 spiro atoms. The van der Waals surface area contributed by atoms with E-state index in [9.17, 15) is 0 Å². The summed E-state index contributed by atoms with van der Waals surface area (Å²) < 4.78 is 0. The fraction of sp³-hybridized carbons (Fsp3) is 0.429. The van der Waals surface area contributed by atoms with Crippen LogP contribution in [-0.4, -0.2) is 19.9 Å². The second kappa shape index (κ2) is 5.40. The normalized spacial score (nSPS) is 11.3. The predicted molar refractivity (Wildman–Crippen MR) is 80.1 cm³/mol. The maximum atomic E-state index is 5.63. The van der Waals surface area contributed by atoms with Crippen LogP contribution in [-0.2, 0) is 0 Å². The summed E-state index contributed by atoms with van der Waals surface area (Å²) in [5.41, 5.74) is 14.1. The quantitative estimate of drug-likeness (QED) is 0.888. The van der Waals surface area contributed by atoms with Crippen molar-refractivity contribution in [2.75, 3.05) is 11.5 Å². The number of rotatable bonds is 3. The molecule has 6 heteroatoms. The molecule has 2 aromatic heterocycles. The third-order valence-electron chi connectivity index (χ3n) is 2.98. The molecule has 0 aliphatic carbocycles. The smallest absolute Gasteiger partial charge is 0.225 e. The van der Waals surface area contributed by atoms with Crippen LogP contribution in [0.2, 0.25) is 0 Å². The third-order valence-corrected chi connectivity index (χ3v) is 2.98. The molecule has 0 saturated heterocycles. The largest absolute Gasteiger partial charge is 0.368 e. The van der Waals surface area contributed by atoms with E-state index >= 15 is 0 Å². The first-order valence-electron chi connectivity index (χ1n) is 6.66. The van der Waals surface area contributed by atoms with Gasteiger partial charge in [0.05, 0.1) is 0 Å². The molecule has 2 aromatic rings. The topological polar surface area (TPSA) is 104 Å². The molecule has 4 N–H and O–H groups in total. The van der Waals surface area contributed by atoms with Gasteiger partial charge in [0.1, 0.15) is 0 Å². The highest BCUT2D eigenvalue weighted by atomic mass is 15.1. The lowest BCUT2D eigenvalue weighted by molar-refractivity contribution is 0.765. The average molecular weight is 272 g/mol. The van der Waals surface area contributed by atoms with E-state index in [-0.39, 0.29) is 11.9 Å². The number of hydrogen-bond acceptors (Lipinski definition) is 6. The lowest BCUT2D eigenvalue weighted by Crippen LogP contribution is -2.06. The van der Waals surface area contributed by atoms with Gasteiger partial charge >= 0.3 is 0 Å². The summed E-state index contributed by atoms with van der Waals surface area (Å²) in [6.07, 6.45) is 0. The highest BCUT2D eigenvalue weighted by molar-refractivity contribution is 5.58. The Morgan fingerprint density at radius 1 is 0.750 bits per heavy atom. The average Bonchev–Trinajstić information content (AvgIpc) is 2.36. The lowest BCUT2D eigenvalue weighted by atomic mass is 10.0. The second-order valence-electron chi connectivity index (χ2n) is 5.39. The van der Waals surface area contributed by atoms with E-state index in [1.807, 2.05) is 12.1 Å². The molecule has 0 aliphatic rings. The van der Waals surface area contributed by atoms with Crippen LogP contribution in [0.1, 0.15) is 50.9 Å². The van der Waals surface area contributed by atoms with Gasteiger partial charge < -0.3 is 11.5 Å². The number of pyridine rings is 1. The summed E-state index contributed by atoms with van der Waals surface area (Å²) in [6, 6.07) is 3.95. The standard InChI is InChI=1S/C14H20N6/c1-7(2)10-5-9(6-11(17-10)8(3)4)12-18-13(15)20-14(16)19-12/h5-8H,1-4H3,(H4,15,16,18,19,20). The SMILES string of the molecule is CC(C)c1cc(-c2nc(N)nc(N)n2)cc(C(C)C)n1. The molecule has 0 radical (unpaired) electrons. The Morgan fingerprint density at radius 2 is 1.20 bits per heavy atom. The van der Waals surface area contributed by atoms with E-state index in [0.29, 0.717) is 17.7 Å². The second-order valence-corrected chi connectivity index (χ2v) is 5.39. The molecule has 0 atom stereocenters. The lowest BCUT2D eigenvalue weighted by Gasteiger charge is -2.13. The maximum Gasteiger partial charge on any atom is 0.225 e. The van der Waals surface area contributed by atoms with Crippen molar-refractivity contribution in [2.24, 2.45) is 0 Å². The van der Waals surface area contributed by atoms with Gasteiger partial charge in [0, 0.05) is 17.0 Å². The minimum atomic E-state index is 0.126. The Bertz CT molecular complexity index is 575. The molecule has 0 fully saturated rings. The molecule has 0 bridgehead atoms. The Morgan fingerprint density at radius 3 is 1.60 bits per heavy atom. The summed E-state index contributed by atoms with van der Waals surface area (Å²) >= 11 is 0. The maximum absolute atomic E-state index is 5.63. The fourth-order valence-electron chi connectivity index (χ4n) is 1.83. The van der Waals surface area contributed by atoms with E-state index in [1.165, 1.54) is 0 Å². The Hall–Kier alpha value is -2.24. The summed E-state index contributed by atoms with van der Waals surface area (Å²) in [5, 5.41) is 0. The van der Waals surface area contributed by atoms with Gasteiger partial charge in [-0.05, 0) is 24.0 Å². The number of hydrogen-bond donors (Lipinski definition) is 2. The van der Waals surface area contributed by atoms with Crippen LogP contribution >= 0.6 is 0 Å². The Balaban J connectivity index is 2.60. The molecule has 0 unspecified atom stereocenters. The van der Waals surface area contributed by atoms with Gasteiger partial charge in [-0.15, -0.1) is 0 Å². The highest BCUT2D eigenvalue weighted by Crippen LogP contribution is 2.25. The van der Waals surface area contributed by atoms with Gasteiger partial charge in [0.2, 0.25) is 11.9 Å². The van der Waals surface area contributed by atoms with Gasteiger partial charge in [0.25, 0.3) is 0 Å². The van der Waals surface area contributed by atoms with Crippen LogP contribution < -0.4 is 11.5 Å². The molecule has 0 saturated carbocycles. The summed E-state index contributed by atoms with van der Waals surface area (Å²) in [7, 11) is 0. The van der Waals surface area contributed by atoms with Crippen molar-refractivity contribution in [2.45, 2.75) is 39.5 Å². The zero-order chi connectivity index (χ0) is 14.9. The van der Waals surface area contributed by atoms with Crippen LogP contribution in [0.3, 0.4) is 0 Å². The molecular weight excluding hydrogens is 252 g/mol. The van der Waals surface area contributed by atoms with Crippen molar-refractivity contribution in [1.29, 1.82) is 0 Å². The van der Waals surface area contributed by atoms with Gasteiger partial charge in [0.15, 0.2) is 5.82 Å². The molecule has 2 heterocycles. The van der Waals surface area contributed by atoms with E-state index in [0.717, 1.165) is 17.0 Å². The molecule has 106 valence electrons. The first-order valence-corrected chi connectivity index (χ1v) is 6.66. The number of anilines is 2. The molecule has 0 aromatic carbocycles. The number of nitrogens with zero attached hydrogens (tertiary/aromatic N) is 4. The van der Waals surface area contributed by atoms with Crippen molar-refractivity contribution in [1.82, 2.24) is 19.9 Å². The Kier molecular flexibility index (Phi) is 3.83. The van der Waals surface area contributed by atoms with Gasteiger partial charge in [-0.1, -0.05) is 27.7 Å². The molecule has 2 rings (SSSR count). The van der Waals surface area contributed by atoms with E-state index in [1.54, 1.807) is 0 Å². The number of nitrogen functional groups attached to an aromatic ring is 2. The van der Waals surface area contributed by atoms with E-state index in [4.69, 9.17) is 11.5 Å². The zero-order valence-corrected chi connectivity index (χ0v) is 12.3. The molecule has 0 aliphatic heterocycles. The summed E-state index contributed by atoms with van der Waals surface area (Å²) in [4.78, 5) is 16.8. The highest BCUT2D eigenvalue weighted by Gasteiger charge is 2.12. The zero-order valence-electron chi connectivity index (χ0n) is 12.3. The van der Waals surface area contributed by atoms with Crippen LogP contribution in [0, 0.1) is 0 Å². The minimum Gasteiger partial charge on any atom is -0.368 e. The van der Waals surface area contributed by atoms with Crippen molar-refractivity contribution < 1.29 is 0 Å². The molecule has 0 amide bonds. The third kappa shape index (κ3) is 3.01. The van der Waals surface area contributed by atoms with E-state index < -0.39 is 0 Å². The van der Waals surface area contributed by atoms with Crippen molar-refractivity contribution in [3.8, 4) is 11.4 Å². The van der Waals surface area contributed by atoms with Crippen LogP contribution in [0.4, 0.5) is 11.9 Å².